The molecule has 0 heterocycles. The summed E-state index contributed by atoms with van der Waals surface area (Å²) in [6.07, 6.45) is 7.25. The Labute approximate surface area is 116 Å². The molecule has 0 aliphatic heterocycles. The van der Waals surface area contributed by atoms with Crippen LogP contribution in [0.3, 0.4) is 0 Å². The van der Waals surface area contributed by atoms with Crippen LogP contribution in [0.4, 0.5) is 0 Å². The van der Waals surface area contributed by atoms with E-state index >= 15 is 0 Å². The first kappa shape index (κ1) is 20.2. The van der Waals surface area contributed by atoms with E-state index in [2.05, 4.69) is 16.4 Å². The first-order valence-electron chi connectivity index (χ1n) is 6.88. The van der Waals surface area contributed by atoms with Crippen LogP contribution >= 0.6 is 0 Å². The third kappa shape index (κ3) is 26.5. The lowest BCUT2D eigenvalue weighted by Gasteiger charge is -1.97. The Kier molecular flexibility index (Phi) is 18.0. The maximum absolute atomic E-state index is 10.1. The average Bonchev–Trinajstić information content (AvgIpc) is 2.34. The highest BCUT2D eigenvalue weighted by atomic mass is 16.6. The van der Waals surface area contributed by atoms with Crippen molar-refractivity contribution in [3.8, 4) is 0 Å². The van der Waals surface area contributed by atoms with Crippen molar-refractivity contribution >= 4 is 11.9 Å². The fraction of sp³-hybridized carbons (Fsp3) is 0.857. The number of carboxylic acids is 1. The third-order valence-electron chi connectivity index (χ3n) is 2.34. The lowest BCUT2D eigenvalue weighted by molar-refractivity contribution is -0.142. The smallest absolute Gasteiger partial charge is 0.303 e. The van der Waals surface area contributed by atoms with E-state index in [1.807, 2.05) is 0 Å². The Bertz CT molecular complexity index is 216. The second-order valence-corrected chi connectivity index (χ2v) is 4.24. The van der Waals surface area contributed by atoms with Gasteiger partial charge in [-0.2, -0.15) is 0 Å². The summed E-state index contributed by atoms with van der Waals surface area (Å²) >= 11 is 0. The highest BCUT2D eigenvalue weighted by molar-refractivity contribution is 5.66. The Morgan fingerprint density at radius 3 is 2.05 bits per heavy atom. The molecule has 0 fully saturated rings. The van der Waals surface area contributed by atoms with Crippen LogP contribution in [0.1, 0.15) is 58.8 Å². The van der Waals surface area contributed by atoms with Gasteiger partial charge in [-0.25, -0.2) is 0 Å². The van der Waals surface area contributed by atoms with Crippen molar-refractivity contribution in [1.29, 1.82) is 0 Å². The number of hydrogen-bond acceptors (Lipinski definition) is 4. The van der Waals surface area contributed by atoms with Crippen molar-refractivity contribution in [1.82, 2.24) is 0 Å². The monoisotopic (exact) mass is 276 g/mol. The molecule has 0 aliphatic carbocycles. The zero-order valence-electron chi connectivity index (χ0n) is 12.4. The van der Waals surface area contributed by atoms with Crippen molar-refractivity contribution < 1.29 is 24.2 Å². The molecule has 19 heavy (non-hydrogen) atoms. The second kappa shape index (κ2) is 16.9. The molecule has 1 N–H and O–H groups in total. The second-order valence-electron chi connectivity index (χ2n) is 4.24. The summed E-state index contributed by atoms with van der Waals surface area (Å²) in [5.41, 5.74) is 0. The quantitative estimate of drug-likeness (QED) is 0.490. The fourth-order valence-electron chi connectivity index (χ4n) is 1.33. The molecular weight excluding hydrogens is 248 g/mol. The zero-order valence-corrected chi connectivity index (χ0v) is 12.4. The van der Waals surface area contributed by atoms with Crippen molar-refractivity contribution in [2.24, 2.45) is 0 Å². The van der Waals surface area contributed by atoms with Gasteiger partial charge in [-0.15, -0.1) is 0 Å². The van der Waals surface area contributed by atoms with Crippen LogP contribution in [0.2, 0.25) is 0 Å². The minimum Gasteiger partial charge on any atom is -0.481 e. The zero-order chi connectivity index (χ0) is 14.9. The number of ether oxygens (including phenoxy) is 2. The molecule has 0 bridgehead atoms. The van der Waals surface area contributed by atoms with Crippen molar-refractivity contribution in [3.05, 3.63) is 0 Å². The lowest BCUT2D eigenvalue weighted by atomic mass is 10.1. The minimum absolute atomic E-state index is 0.262. The molecule has 0 aromatic carbocycles. The minimum atomic E-state index is -0.666. The van der Waals surface area contributed by atoms with Gasteiger partial charge < -0.3 is 14.6 Å². The molecule has 5 heteroatoms. The first-order valence-corrected chi connectivity index (χ1v) is 6.88. The summed E-state index contributed by atoms with van der Waals surface area (Å²) in [5.74, 6) is -0.928. The summed E-state index contributed by atoms with van der Waals surface area (Å²) in [4.78, 5) is 20.1. The molecule has 0 aromatic heterocycles. The lowest BCUT2D eigenvalue weighted by Crippen LogP contribution is -2.05. The highest BCUT2D eigenvalue weighted by Gasteiger charge is 1.95. The SMILES string of the molecule is CCCCCCCCC(=O)O.COCCOC(C)=O. The van der Waals surface area contributed by atoms with Gasteiger partial charge in [0.05, 0.1) is 6.61 Å². The topological polar surface area (TPSA) is 72.8 Å². The molecule has 0 radical (unpaired) electrons. The number of aliphatic carboxylic acids is 1. The first-order chi connectivity index (χ1) is 9.04. The van der Waals surface area contributed by atoms with Crippen LogP contribution < -0.4 is 0 Å². The number of unbranched alkanes of at least 4 members (excludes halogenated alkanes) is 5. The molecule has 0 saturated heterocycles. The van der Waals surface area contributed by atoms with Gasteiger partial charge in [0.15, 0.2) is 0 Å². The molecule has 0 spiro atoms. The van der Waals surface area contributed by atoms with Gasteiger partial charge in [0, 0.05) is 20.5 Å². The van der Waals surface area contributed by atoms with Crippen molar-refractivity contribution in [2.45, 2.75) is 58.8 Å². The van der Waals surface area contributed by atoms with E-state index in [4.69, 9.17) is 5.11 Å². The van der Waals surface area contributed by atoms with Gasteiger partial charge >= 0.3 is 11.9 Å². The molecule has 0 saturated carbocycles. The molecule has 114 valence electrons. The summed E-state index contributed by atoms with van der Waals surface area (Å²) in [6.45, 7) is 4.37. The molecule has 0 aromatic rings. The summed E-state index contributed by atoms with van der Waals surface area (Å²) < 4.78 is 9.13. The van der Waals surface area contributed by atoms with E-state index in [9.17, 15) is 9.59 Å². The highest BCUT2D eigenvalue weighted by Crippen LogP contribution is 2.06. The van der Waals surface area contributed by atoms with Crippen LogP contribution in [0.5, 0.6) is 0 Å². The average molecular weight is 276 g/mol. The van der Waals surface area contributed by atoms with Gasteiger partial charge in [0.25, 0.3) is 0 Å². The summed E-state index contributed by atoms with van der Waals surface area (Å²) in [6, 6.07) is 0. The molecule has 0 unspecified atom stereocenters. The predicted molar refractivity (Wildman–Crippen MR) is 74.1 cm³/mol. The van der Waals surface area contributed by atoms with Crippen LogP contribution in [0.15, 0.2) is 0 Å². The molecule has 0 amide bonds. The van der Waals surface area contributed by atoms with E-state index in [0.29, 0.717) is 19.6 Å². The number of carbonyl (C=O) groups is 2. The molecule has 5 nitrogen and oxygen atoms in total. The van der Waals surface area contributed by atoms with E-state index in [1.165, 1.54) is 32.6 Å². The standard InChI is InChI=1S/C9H18O2.C5H10O3/c1-2-3-4-5-6-7-8-9(10)11;1-5(6)8-4-3-7-2/h2-8H2,1H3,(H,10,11);3-4H2,1-2H3. The Hall–Kier alpha value is -1.10. The van der Waals surface area contributed by atoms with Crippen molar-refractivity contribution in [2.75, 3.05) is 20.3 Å². The largest absolute Gasteiger partial charge is 0.481 e. The number of methoxy groups -OCH3 is 1. The van der Waals surface area contributed by atoms with E-state index in [0.717, 1.165) is 12.8 Å². The maximum Gasteiger partial charge on any atom is 0.303 e. The van der Waals surface area contributed by atoms with Gasteiger partial charge in [-0.1, -0.05) is 39.0 Å². The van der Waals surface area contributed by atoms with Gasteiger partial charge in [0.1, 0.15) is 6.61 Å². The third-order valence-corrected chi connectivity index (χ3v) is 2.34. The summed E-state index contributed by atoms with van der Waals surface area (Å²) in [7, 11) is 1.56. The van der Waals surface area contributed by atoms with E-state index in [1.54, 1.807) is 7.11 Å². The van der Waals surface area contributed by atoms with E-state index in [-0.39, 0.29) is 5.97 Å². The molecule has 0 atom stereocenters. The maximum atomic E-state index is 10.1. The molecule has 0 rings (SSSR count). The van der Waals surface area contributed by atoms with Gasteiger partial charge in [-0.3, -0.25) is 9.59 Å². The Morgan fingerprint density at radius 1 is 1.00 bits per heavy atom. The number of carboxylic acid groups (broad SMARTS) is 1. The van der Waals surface area contributed by atoms with Gasteiger partial charge in [0.2, 0.25) is 0 Å². The summed E-state index contributed by atoms with van der Waals surface area (Å²) in [5, 5.41) is 8.32. The van der Waals surface area contributed by atoms with Crippen LogP contribution in [-0.4, -0.2) is 37.4 Å². The van der Waals surface area contributed by atoms with Crippen LogP contribution in [0, 0.1) is 0 Å². The van der Waals surface area contributed by atoms with Crippen molar-refractivity contribution in [3.63, 3.8) is 0 Å². The Balaban J connectivity index is 0. The molecular formula is C14H28O5. The number of hydrogen-bond donors (Lipinski definition) is 1. The molecule has 0 aliphatic rings. The van der Waals surface area contributed by atoms with Crippen LogP contribution in [-0.2, 0) is 19.1 Å². The normalized spacial score (nSPS) is 9.42. The Morgan fingerprint density at radius 2 is 1.58 bits per heavy atom. The van der Waals surface area contributed by atoms with Gasteiger partial charge in [-0.05, 0) is 6.42 Å². The predicted octanol–water partition coefficient (Wildman–Crippen LogP) is 3.02. The number of esters is 1. The van der Waals surface area contributed by atoms with E-state index < -0.39 is 5.97 Å². The van der Waals surface area contributed by atoms with Crippen LogP contribution in [0.25, 0.3) is 0 Å². The number of carbonyl (C=O) groups excluding carboxylic acids is 1. The number of rotatable bonds is 10. The fourth-order valence-corrected chi connectivity index (χ4v) is 1.33.